The van der Waals surface area contributed by atoms with Crippen LogP contribution in [0, 0.1) is 6.92 Å². The molecule has 0 spiro atoms. The SMILES string of the molecule is C=CCCC[C@H](CC=C)NS(=O)(=O)c1ccc(C)cc1. The first-order valence-electron chi connectivity index (χ1n) is 6.80. The van der Waals surface area contributed by atoms with E-state index in [0.717, 1.165) is 24.8 Å². The summed E-state index contributed by atoms with van der Waals surface area (Å²) in [4.78, 5) is 0.306. The molecule has 1 N–H and O–H groups in total. The molecule has 3 nitrogen and oxygen atoms in total. The van der Waals surface area contributed by atoms with Gasteiger partial charge in [-0.2, -0.15) is 0 Å². The minimum absolute atomic E-state index is 0.112. The van der Waals surface area contributed by atoms with Crippen LogP contribution in [0.15, 0.2) is 54.5 Å². The third-order valence-corrected chi connectivity index (χ3v) is 4.60. The molecule has 110 valence electrons. The summed E-state index contributed by atoms with van der Waals surface area (Å²) >= 11 is 0. The van der Waals surface area contributed by atoms with Crippen molar-refractivity contribution < 1.29 is 8.42 Å². The molecule has 0 fully saturated rings. The van der Waals surface area contributed by atoms with Crippen molar-refractivity contribution in [3.63, 3.8) is 0 Å². The molecule has 0 aromatic heterocycles. The number of benzene rings is 1. The van der Waals surface area contributed by atoms with E-state index in [1.165, 1.54) is 0 Å². The highest BCUT2D eigenvalue weighted by molar-refractivity contribution is 7.89. The smallest absolute Gasteiger partial charge is 0.208 e. The predicted molar refractivity (Wildman–Crippen MR) is 84.2 cm³/mol. The molecule has 0 aliphatic rings. The van der Waals surface area contributed by atoms with Crippen LogP contribution in [0.4, 0.5) is 0 Å². The zero-order valence-electron chi connectivity index (χ0n) is 12.0. The van der Waals surface area contributed by atoms with Gasteiger partial charge in [-0.25, -0.2) is 13.1 Å². The lowest BCUT2D eigenvalue weighted by Gasteiger charge is -2.17. The first-order valence-corrected chi connectivity index (χ1v) is 8.28. The summed E-state index contributed by atoms with van der Waals surface area (Å²) in [7, 11) is -3.46. The molecule has 0 radical (unpaired) electrons. The third-order valence-electron chi connectivity index (χ3n) is 3.07. The van der Waals surface area contributed by atoms with Crippen LogP contribution < -0.4 is 4.72 Å². The van der Waals surface area contributed by atoms with Gasteiger partial charge in [0.15, 0.2) is 0 Å². The van der Waals surface area contributed by atoms with Gasteiger partial charge in [-0.3, -0.25) is 0 Å². The minimum atomic E-state index is -3.46. The summed E-state index contributed by atoms with van der Waals surface area (Å²) in [5.74, 6) is 0. The molecule has 0 heterocycles. The molecule has 0 amide bonds. The van der Waals surface area contributed by atoms with Crippen LogP contribution in [0.2, 0.25) is 0 Å². The van der Waals surface area contributed by atoms with Gasteiger partial charge in [0.1, 0.15) is 0 Å². The molecule has 0 aliphatic heterocycles. The average Bonchev–Trinajstić information content (AvgIpc) is 2.39. The second kappa shape index (κ2) is 8.02. The number of aryl methyl sites for hydroxylation is 1. The quantitative estimate of drug-likeness (QED) is 0.559. The van der Waals surface area contributed by atoms with Gasteiger partial charge < -0.3 is 0 Å². The Morgan fingerprint density at radius 3 is 2.40 bits per heavy atom. The van der Waals surface area contributed by atoms with Crippen LogP contribution in [0.5, 0.6) is 0 Å². The highest BCUT2D eigenvalue weighted by Gasteiger charge is 2.18. The van der Waals surface area contributed by atoms with E-state index in [0.29, 0.717) is 11.3 Å². The summed E-state index contributed by atoms with van der Waals surface area (Å²) in [6, 6.07) is 6.75. The van der Waals surface area contributed by atoms with E-state index in [1.54, 1.807) is 30.3 Å². The van der Waals surface area contributed by atoms with E-state index in [4.69, 9.17) is 0 Å². The molecular formula is C16H23NO2S. The number of rotatable bonds is 9. The fourth-order valence-corrected chi connectivity index (χ4v) is 3.22. The van der Waals surface area contributed by atoms with Crippen molar-refractivity contribution in [1.82, 2.24) is 4.72 Å². The second-order valence-corrected chi connectivity index (χ2v) is 6.59. The third kappa shape index (κ3) is 5.31. The van der Waals surface area contributed by atoms with E-state index in [2.05, 4.69) is 17.9 Å². The first-order chi connectivity index (χ1) is 9.49. The fourth-order valence-electron chi connectivity index (χ4n) is 1.94. The van der Waals surface area contributed by atoms with Crippen molar-refractivity contribution >= 4 is 10.0 Å². The van der Waals surface area contributed by atoms with E-state index < -0.39 is 10.0 Å². The molecule has 1 aromatic carbocycles. The van der Waals surface area contributed by atoms with Crippen LogP contribution in [0.25, 0.3) is 0 Å². The normalized spacial score (nSPS) is 12.8. The van der Waals surface area contributed by atoms with Gasteiger partial charge in [-0.1, -0.05) is 29.8 Å². The maximum Gasteiger partial charge on any atom is 0.240 e. The molecule has 20 heavy (non-hydrogen) atoms. The molecule has 0 saturated heterocycles. The standard InChI is InChI=1S/C16H23NO2S/c1-4-6-7-9-15(8-5-2)17-20(18,19)16-12-10-14(3)11-13-16/h4-5,10-13,15,17H,1-2,6-9H2,3H3/t15-/m0/s1. The predicted octanol–water partition coefficient (Wildman–Crippen LogP) is 3.57. The van der Waals surface area contributed by atoms with Crippen LogP contribution in [0.3, 0.4) is 0 Å². The number of sulfonamides is 1. The molecule has 4 heteroatoms. The largest absolute Gasteiger partial charge is 0.240 e. The highest BCUT2D eigenvalue weighted by atomic mass is 32.2. The van der Waals surface area contributed by atoms with Gasteiger partial charge in [-0.05, 0) is 44.7 Å². The molecule has 1 atom stereocenters. The average molecular weight is 293 g/mol. The Kier molecular flexibility index (Phi) is 6.68. The van der Waals surface area contributed by atoms with Gasteiger partial charge in [0.25, 0.3) is 0 Å². The van der Waals surface area contributed by atoms with Crippen molar-refractivity contribution in [3.05, 3.63) is 55.1 Å². The van der Waals surface area contributed by atoms with Crippen molar-refractivity contribution in [3.8, 4) is 0 Å². The number of allylic oxidation sites excluding steroid dienone is 1. The monoisotopic (exact) mass is 293 g/mol. The van der Waals surface area contributed by atoms with Crippen LogP contribution in [-0.2, 0) is 10.0 Å². The van der Waals surface area contributed by atoms with E-state index in [9.17, 15) is 8.42 Å². The van der Waals surface area contributed by atoms with E-state index in [-0.39, 0.29) is 6.04 Å². The summed E-state index contributed by atoms with van der Waals surface area (Å²) in [5, 5.41) is 0. The number of hydrogen-bond acceptors (Lipinski definition) is 2. The van der Waals surface area contributed by atoms with Crippen molar-refractivity contribution in [2.75, 3.05) is 0 Å². The summed E-state index contributed by atoms with van der Waals surface area (Å²) in [6.45, 7) is 9.29. The maximum atomic E-state index is 12.3. The summed E-state index contributed by atoms with van der Waals surface area (Å²) in [6.07, 6.45) is 6.80. The van der Waals surface area contributed by atoms with Gasteiger partial charge in [0, 0.05) is 6.04 Å². The van der Waals surface area contributed by atoms with E-state index >= 15 is 0 Å². The molecule has 1 rings (SSSR count). The van der Waals surface area contributed by atoms with E-state index in [1.807, 2.05) is 13.0 Å². The lowest BCUT2D eigenvalue weighted by Crippen LogP contribution is -2.34. The Labute approximate surface area is 122 Å². The molecule has 0 bridgehead atoms. The topological polar surface area (TPSA) is 46.2 Å². The lowest BCUT2D eigenvalue weighted by molar-refractivity contribution is 0.519. The zero-order chi connectivity index (χ0) is 15.0. The molecular weight excluding hydrogens is 270 g/mol. The zero-order valence-corrected chi connectivity index (χ0v) is 12.8. The number of nitrogens with one attached hydrogen (secondary N) is 1. The highest BCUT2D eigenvalue weighted by Crippen LogP contribution is 2.14. The van der Waals surface area contributed by atoms with Crippen molar-refractivity contribution in [2.45, 2.75) is 43.5 Å². The van der Waals surface area contributed by atoms with Crippen LogP contribution in [-0.4, -0.2) is 14.5 Å². The minimum Gasteiger partial charge on any atom is -0.208 e. The maximum absolute atomic E-state index is 12.3. The molecule has 0 unspecified atom stereocenters. The summed E-state index contributed by atoms with van der Waals surface area (Å²) in [5.41, 5.74) is 1.04. The van der Waals surface area contributed by atoms with Gasteiger partial charge in [0.2, 0.25) is 10.0 Å². The second-order valence-electron chi connectivity index (χ2n) is 4.88. The van der Waals surface area contributed by atoms with Crippen molar-refractivity contribution in [1.29, 1.82) is 0 Å². The molecule has 1 aromatic rings. The van der Waals surface area contributed by atoms with Crippen molar-refractivity contribution in [2.24, 2.45) is 0 Å². The van der Waals surface area contributed by atoms with Crippen LogP contribution in [0.1, 0.15) is 31.2 Å². The Morgan fingerprint density at radius 2 is 1.85 bits per heavy atom. The Balaban J connectivity index is 2.76. The Bertz CT molecular complexity index is 532. The Morgan fingerprint density at radius 1 is 1.20 bits per heavy atom. The molecule has 0 aliphatic carbocycles. The summed E-state index contributed by atoms with van der Waals surface area (Å²) < 4.78 is 27.3. The van der Waals surface area contributed by atoms with Gasteiger partial charge in [-0.15, -0.1) is 13.2 Å². The fraction of sp³-hybridized carbons (Fsp3) is 0.375. The first kappa shape index (κ1) is 16.7. The number of unbranched alkanes of at least 4 members (excludes halogenated alkanes) is 1. The lowest BCUT2D eigenvalue weighted by atomic mass is 10.1. The Hall–Kier alpha value is -1.39. The molecule has 0 saturated carbocycles. The van der Waals surface area contributed by atoms with Gasteiger partial charge >= 0.3 is 0 Å². The van der Waals surface area contributed by atoms with Crippen LogP contribution >= 0.6 is 0 Å². The van der Waals surface area contributed by atoms with Gasteiger partial charge in [0.05, 0.1) is 4.90 Å². The number of hydrogen-bond donors (Lipinski definition) is 1.